The lowest BCUT2D eigenvalue weighted by Crippen LogP contribution is -2.27. The van der Waals surface area contributed by atoms with Crippen molar-refractivity contribution in [3.05, 3.63) is 0 Å². The highest BCUT2D eigenvalue weighted by Gasteiger charge is 2.07. The molecule has 0 fully saturated rings. The second-order valence-corrected chi connectivity index (χ2v) is 3.04. The number of rotatable bonds is 3. The van der Waals surface area contributed by atoms with Crippen molar-refractivity contribution in [3.8, 4) is 12.3 Å². The summed E-state index contributed by atoms with van der Waals surface area (Å²) in [6.45, 7) is 2.07. The van der Waals surface area contributed by atoms with Gasteiger partial charge in [-0.15, -0.1) is 6.42 Å². The minimum atomic E-state index is -0.0718. The van der Waals surface area contributed by atoms with Crippen molar-refractivity contribution in [1.82, 2.24) is 0 Å². The topological polar surface area (TPSA) is 26.0 Å². The van der Waals surface area contributed by atoms with Gasteiger partial charge in [-0.2, -0.15) is 11.8 Å². The predicted molar refractivity (Wildman–Crippen MR) is 44.4 cm³/mol. The third-order valence-corrected chi connectivity index (χ3v) is 2.09. The number of hydrogen-bond acceptors (Lipinski definition) is 2. The Hall–Kier alpha value is -0.130. The molecule has 2 atom stereocenters. The van der Waals surface area contributed by atoms with Crippen LogP contribution >= 0.6 is 11.8 Å². The molecule has 0 amide bonds. The summed E-state index contributed by atoms with van der Waals surface area (Å²) in [7, 11) is 0. The monoisotopic (exact) mass is 143 g/mol. The molecule has 0 spiro atoms. The first-order valence-electron chi connectivity index (χ1n) is 2.93. The number of nitrogens with two attached hydrogens (primary N) is 1. The number of thioether (sulfide) groups is 1. The van der Waals surface area contributed by atoms with Gasteiger partial charge in [0.15, 0.2) is 0 Å². The lowest BCUT2D eigenvalue weighted by Gasteiger charge is -2.11. The highest BCUT2D eigenvalue weighted by Crippen LogP contribution is 2.06. The number of hydrogen-bond donors (Lipinski definition) is 1. The maximum atomic E-state index is 5.55. The zero-order valence-corrected chi connectivity index (χ0v) is 6.74. The summed E-state index contributed by atoms with van der Waals surface area (Å²) in [4.78, 5) is 0. The molecule has 2 N–H and O–H groups in total. The third-order valence-electron chi connectivity index (χ3n) is 1.24. The van der Waals surface area contributed by atoms with E-state index < -0.39 is 0 Å². The normalized spacial score (nSPS) is 16.2. The Balaban J connectivity index is 3.48. The maximum absolute atomic E-state index is 5.55. The molecule has 2 unspecified atom stereocenters. The van der Waals surface area contributed by atoms with Gasteiger partial charge in [0.05, 0.1) is 6.04 Å². The summed E-state index contributed by atoms with van der Waals surface area (Å²) >= 11 is 1.78. The average Bonchev–Trinajstić information content (AvgIpc) is 1.87. The van der Waals surface area contributed by atoms with E-state index in [1.807, 2.05) is 0 Å². The lowest BCUT2D eigenvalue weighted by atomic mass is 10.1. The Morgan fingerprint density at radius 1 is 1.78 bits per heavy atom. The van der Waals surface area contributed by atoms with Gasteiger partial charge in [-0.25, -0.2) is 0 Å². The highest BCUT2D eigenvalue weighted by molar-refractivity contribution is 7.98. The maximum Gasteiger partial charge on any atom is 0.0695 e. The van der Waals surface area contributed by atoms with Crippen LogP contribution in [0.5, 0.6) is 0 Å². The predicted octanol–water partition coefficient (Wildman–Crippen LogP) is 0.946. The largest absolute Gasteiger partial charge is 0.317 e. The Labute approximate surface area is 61.4 Å². The fourth-order valence-electron chi connectivity index (χ4n) is 0.531. The molecule has 0 bridgehead atoms. The molecule has 0 radical (unpaired) electrons. The van der Waals surface area contributed by atoms with Crippen LogP contribution in [0.4, 0.5) is 0 Å². The zero-order chi connectivity index (χ0) is 7.28. The minimum Gasteiger partial charge on any atom is -0.317 e. The summed E-state index contributed by atoms with van der Waals surface area (Å²) in [5.41, 5.74) is 5.55. The Bertz CT molecular complexity index is 106. The molecule has 0 saturated carbocycles. The van der Waals surface area contributed by atoms with Crippen molar-refractivity contribution in [2.45, 2.75) is 13.0 Å². The smallest absolute Gasteiger partial charge is 0.0695 e. The van der Waals surface area contributed by atoms with Crippen LogP contribution in [0.25, 0.3) is 0 Å². The van der Waals surface area contributed by atoms with Crippen molar-refractivity contribution >= 4 is 11.8 Å². The van der Waals surface area contributed by atoms with Gasteiger partial charge in [0.25, 0.3) is 0 Å². The van der Waals surface area contributed by atoms with Gasteiger partial charge in [0.1, 0.15) is 0 Å². The second-order valence-electron chi connectivity index (χ2n) is 2.13. The highest BCUT2D eigenvalue weighted by atomic mass is 32.2. The molecule has 0 aromatic heterocycles. The molecule has 0 heterocycles. The minimum absolute atomic E-state index is 0.0718. The van der Waals surface area contributed by atoms with Crippen LogP contribution in [0.1, 0.15) is 6.92 Å². The van der Waals surface area contributed by atoms with E-state index in [0.29, 0.717) is 5.92 Å². The fourth-order valence-corrected chi connectivity index (χ4v) is 1.26. The van der Waals surface area contributed by atoms with E-state index in [2.05, 4.69) is 19.1 Å². The van der Waals surface area contributed by atoms with Crippen LogP contribution < -0.4 is 5.73 Å². The first-order valence-corrected chi connectivity index (χ1v) is 4.32. The van der Waals surface area contributed by atoms with E-state index in [4.69, 9.17) is 12.2 Å². The molecular formula is C7H13NS. The van der Waals surface area contributed by atoms with Gasteiger partial charge >= 0.3 is 0 Å². The standard InChI is InChI=1S/C7H13NS/c1-4-7(8)6(2)5-9-3/h1,6-7H,5,8H2,2-3H3. The van der Waals surface area contributed by atoms with E-state index >= 15 is 0 Å². The Kier molecular flexibility index (Phi) is 4.65. The van der Waals surface area contributed by atoms with Gasteiger partial charge in [0.2, 0.25) is 0 Å². The molecule has 9 heavy (non-hydrogen) atoms. The quantitative estimate of drug-likeness (QED) is 0.595. The van der Waals surface area contributed by atoms with Gasteiger partial charge in [-0.3, -0.25) is 0 Å². The van der Waals surface area contributed by atoms with E-state index in [0.717, 1.165) is 5.75 Å². The molecule has 0 aliphatic carbocycles. The van der Waals surface area contributed by atoms with Gasteiger partial charge in [0, 0.05) is 0 Å². The van der Waals surface area contributed by atoms with Gasteiger partial charge in [-0.05, 0) is 17.9 Å². The molecule has 0 saturated heterocycles. The Morgan fingerprint density at radius 2 is 2.33 bits per heavy atom. The second kappa shape index (κ2) is 4.72. The van der Waals surface area contributed by atoms with E-state index in [-0.39, 0.29) is 6.04 Å². The lowest BCUT2D eigenvalue weighted by molar-refractivity contribution is 0.595. The van der Waals surface area contributed by atoms with Crippen molar-refractivity contribution < 1.29 is 0 Å². The molecule has 52 valence electrons. The van der Waals surface area contributed by atoms with Gasteiger partial charge in [-0.1, -0.05) is 12.8 Å². The summed E-state index contributed by atoms with van der Waals surface area (Å²) in [6.07, 6.45) is 7.17. The first-order chi connectivity index (χ1) is 4.22. The van der Waals surface area contributed by atoms with Crippen LogP contribution in [-0.2, 0) is 0 Å². The molecule has 2 heteroatoms. The van der Waals surface area contributed by atoms with Crippen molar-refractivity contribution in [1.29, 1.82) is 0 Å². The third kappa shape index (κ3) is 3.45. The summed E-state index contributed by atoms with van der Waals surface area (Å²) in [5, 5.41) is 0. The van der Waals surface area contributed by atoms with E-state index in [9.17, 15) is 0 Å². The molecular weight excluding hydrogens is 130 g/mol. The van der Waals surface area contributed by atoms with Crippen LogP contribution in [-0.4, -0.2) is 18.1 Å². The van der Waals surface area contributed by atoms with Crippen LogP contribution in [0.15, 0.2) is 0 Å². The van der Waals surface area contributed by atoms with Crippen LogP contribution in [0.3, 0.4) is 0 Å². The fraction of sp³-hybridized carbons (Fsp3) is 0.714. The van der Waals surface area contributed by atoms with Crippen LogP contribution in [0.2, 0.25) is 0 Å². The van der Waals surface area contributed by atoms with E-state index in [1.54, 1.807) is 11.8 Å². The molecule has 0 rings (SSSR count). The van der Waals surface area contributed by atoms with Crippen molar-refractivity contribution in [3.63, 3.8) is 0 Å². The summed E-state index contributed by atoms with van der Waals surface area (Å²) in [5.74, 6) is 4.00. The molecule has 0 aliphatic rings. The van der Waals surface area contributed by atoms with E-state index in [1.165, 1.54) is 0 Å². The average molecular weight is 143 g/mol. The summed E-state index contributed by atoms with van der Waals surface area (Å²) in [6, 6.07) is -0.0718. The van der Waals surface area contributed by atoms with Gasteiger partial charge < -0.3 is 5.73 Å². The molecule has 0 aromatic carbocycles. The Morgan fingerprint density at radius 3 is 2.67 bits per heavy atom. The molecule has 0 aromatic rings. The molecule has 0 aliphatic heterocycles. The first kappa shape index (κ1) is 8.87. The number of terminal acetylenes is 1. The summed E-state index contributed by atoms with van der Waals surface area (Å²) < 4.78 is 0. The van der Waals surface area contributed by atoms with Crippen molar-refractivity contribution in [2.75, 3.05) is 12.0 Å². The van der Waals surface area contributed by atoms with Crippen molar-refractivity contribution in [2.24, 2.45) is 11.7 Å². The zero-order valence-electron chi connectivity index (χ0n) is 5.92. The van der Waals surface area contributed by atoms with Crippen LogP contribution in [0, 0.1) is 18.3 Å². The molecule has 1 nitrogen and oxygen atoms in total. The SMILES string of the molecule is C#CC(N)C(C)CSC.